The molecule has 1 aliphatic carbocycles. The van der Waals surface area contributed by atoms with E-state index in [0.717, 1.165) is 83.3 Å². The molecule has 1 saturated carbocycles. The number of methoxy groups -OCH3 is 2. The number of fused-ring (bicyclic) bond motifs is 2. The fraction of sp³-hybridized carbons (Fsp3) is 0.538. The number of nitrogens with zero attached hydrogens (tertiary/aromatic N) is 6. The van der Waals surface area contributed by atoms with Gasteiger partial charge in [0.25, 0.3) is 5.91 Å². The van der Waals surface area contributed by atoms with Crippen molar-refractivity contribution in [3.8, 4) is 22.4 Å². The van der Waals surface area contributed by atoms with Crippen LogP contribution in [0.2, 0.25) is 0 Å². The zero-order chi connectivity index (χ0) is 56.6. The summed E-state index contributed by atoms with van der Waals surface area (Å²) in [5, 5.41) is 23.3. The largest absolute Gasteiger partial charge is 0.453 e. The second kappa shape index (κ2) is 22.6. The topological polar surface area (TPSA) is 205 Å². The number of alkyl halides is 6. The van der Waals surface area contributed by atoms with E-state index in [9.17, 15) is 50.6 Å². The highest BCUT2D eigenvalue weighted by Gasteiger charge is 2.57. The van der Waals surface area contributed by atoms with E-state index in [0.29, 0.717) is 62.0 Å². The number of aliphatic hydroxyl groups excluding tert-OH is 1. The van der Waals surface area contributed by atoms with Gasteiger partial charge in [0.15, 0.2) is 0 Å². The molecule has 8 rings (SSSR count). The van der Waals surface area contributed by atoms with Gasteiger partial charge in [-0.1, -0.05) is 24.3 Å². The molecule has 4 amide bonds. The summed E-state index contributed by atoms with van der Waals surface area (Å²) in [6.45, 7) is 3.66. The number of ether oxygens (including phenoxy) is 3. The number of rotatable bonds is 20. The standard InChI is InChI=1S/C52H62F8N10O8/c1-49(2,51(55,56)57)43(63-47(74)76-5)45(72)62-40(17-28-7-9-29(10-8-28)30-11-14-42(61-21-30)69-23-33-20-34(69)22-68(33)35-26-78-27-35)41(71)25-67(66-46(73)44(64-48(75)77-6)50(3,4)52(58,59)60)24-36-37(53)18-31(19-38(36)54)39-15-16-70(65-39)32-12-13-32/h7-11,14-16,18-19,21,32-35,40-41,43-44,71H,12-13,17,20,22-27H2,1-6H3,(H,62,72)(H,63,74)(H,64,75)(H,66,73)/t33-,34-,40+,41+,43-,44-/m1/s1. The first-order valence-corrected chi connectivity index (χ1v) is 25.2. The highest BCUT2D eigenvalue weighted by molar-refractivity contribution is 5.87. The third kappa shape index (κ3) is 12.4. The molecule has 2 bridgehead atoms. The zero-order valence-electron chi connectivity index (χ0n) is 43.6. The van der Waals surface area contributed by atoms with Gasteiger partial charge in [-0.3, -0.25) is 24.6 Å². The maximum atomic E-state index is 16.2. The molecule has 424 valence electrons. The fourth-order valence-electron chi connectivity index (χ4n) is 9.88. The lowest BCUT2D eigenvalue weighted by atomic mass is 9.82. The van der Waals surface area contributed by atoms with E-state index >= 15 is 8.78 Å². The number of nitrogens with one attached hydrogen (secondary N) is 4. The Labute approximate surface area is 444 Å². The van der Waals surface area contributed by atoms with Crippen molar-refractivity contribution < 1.29 is 73.6 Å². The molecular formula is C52H62F8N10O8. The van der Waals surface area contributed by atoms with Crippen molar-refractivity contribution in [3.63, 3.8) is 0 Å². The Balaban J connectivity index is 1.09. The summed E-state index contributed by atoms with van der Waals surface area (Å²) >= 11 is 0. The summed E-state index contributed by atoms with van der Waals surface area (Å²) in [6.07, 6.45) is -9.53. The molecule has 0 unspecified atom stereocenters. The number of aliphatic hydroxyl groups is 1. The number of benzene rings is 2. The molecule has 5 heterocycles. The zero-order valence-corrected chi connectivity index (χ0v) is 43.6. The highest BCUT2D eigenvalue weighted by atomic mass is 19.4. The van der Waals surface area contributed by atoms with Crippen LogP contribution < -0.4 is 26.3 Å². The number of hydrogen-bond donors (Lipinski definition) is 5. The van der Waals surface area contributed by atoms with Gasteiger partial charge in [-0.15, -0.1) is 0 Å². The van der Waals surface area contributed by atoms with Crippen LogP contribution in [0.4, 0.5) is 50.5 Å². The second-order valence-corrected chi connectivity index (χ2v) is 21.3. The van der Waals surface area contributed by atoms with E-state index in [1.807, 2.05) is 22.8 Å². The molecule has 0 spiro atoms. The summed E-state index contributed by atoms with van der Waals surface area (Å²) in [5.41, 5.74) is -2.69. The third-order valence-electron chi connectivity index (χ3n) is 15.3. The predicted molar refractivity (Wildman–Crippen MR) is 265 cm³/mol. The number of halogens is 8. The summed E-state index contributed by atoms with van der Waals surface area (Å²) < 4.78 is 136. The van der Waals surface area contributed by atoms with E-state index in [2.05, 4.69) is 35.1 Å². The first-order valence-electron chi connectivity index (χ1n) is 25.2. The van der Waals surface area contributed by atoms with Crippen LogP contribution in [-0.2, 0) is 36.8 Å². The average molecular weight is 1110 g/mol. The number of pyridine rings is 1. The minimum atomic E-state index is -5.17. The van der Waals surface area contributed by atoms with E-state index < -0.39 is 108 Å². The maximum Gasteiger partial charge on any atom is 0.407 e. The molecule has 18 nitrogen and oxygen atoms in total. The molecule has 2 aromatic heterocycles. The number of alkyl carbamates (subject to hydrolysis) is 2. The van der Waals surface area contributed by atoms with Crippen LogP contribution in [0.3, 0.4) is 0 Å². The Morgan fingerprint density at radius 2 is 1.35 bits per heavy atom. The number of hydrogen-bond acceptors (Lipinski definition) is 13. The number of amides is 4. The fourth-order valence-corrected chi connectivity index (χ4v) is 9.88. The minimum Gasteiger partial charge on any atom is -0.453 e. The molecule has 3 aliphatic heterocycles. The summed E-state index contributed by atoms with van der Waals surface area (Å²) in [6, 6.07) is 8.52. The number of hydrazine groups is 1. The van der Waals surface area contributed by atoms with Gasteiger partial charge >= 0.3 is 24.5 Å². The van der Waals surface area contributed by atoms with E-state index in [-0.39, 0.29) is 17.3 Å². The Hall–Kier alpha value is -6.64. The molecule has 78 heavy (non-hydrogen) atoms. The quantitative estimate of drug-likeness (QED) is 0.0479. The lowest BCUT2D eigenvalue weighted by molar-refractivity contribution is -0.221. The van der Waals surface area contributed by atoms with Crippen molar-refractivity contribution in [2.75, 3.05) is 52.0 Å². The summed E-state index contributed by atoms with van der Waals surface area (Å²) in [4.78, 5) is 62.6. The van der Waals surface area contributed by atoms with Gasteiger partial charge in [-0.25, -0.2) is 28.4 Å². The Morgan fingerprint density at radius 3 is 1.85 bits per heavy atom. The monoisotopic (exact) mass is 1110 g/mol. The average Bonchev–Trinajstić information content (AvgIpc) is 3.95. The Bertz CT molecular complexity index is 2790. The lowest BCUT2D eigenvalue weighted by Gasteiger charge is -2.42. The van der Waals surface area contributed by atoms with E-state index in [1.165, 1.54) is 0 Å². The molecule has 0 radical (unpaired) electrons. The van der Waals surface area contributed by atoms with Gasteiger partial charge in [0, 0.05) is 67.3 Å². The molecule has 26 heteroatoms. The minimum absolute atomic E-state index is 0.0118. The molecule has 4 aliphatic rings. The van der Waals surface area contributed by atoms with Crippen LogP contribution >= 0.6 is 0 Å². The third-order valence-corrected chi connectivity index (χ3v) is 15.3. The Morgan fingerprint density at radius 1 is 0.756 bits per heavy atom. The number of carbonyl (C=O) groups is 4. The number of piperazine rings is 1. The maximum absolute atomic E-state index is 16.2. The van der Waals surface area contributed by atoms with Crippen molar-refractivity contribution >= 4 is 29.8 Å². The first-order chi connectivity index (χ1) is 36.7. The number of likely N-dealkylation sites (tertiary alicyclic amines) is 1. The van der Waals surface area contributed by atoms with E-state index in [4.69, 9.17) is 9.72 Å². The van der Waals surface area contributed by atoms with Crippen molar-refractivity contribution in [2.24, 2.45) is 10.8 Å². The molecule has 2 aromatic carbocycles. The normalized spacial score (nSPS) is 19.7. The molecule has 4 aromatic rings. The lowest BCUT2D eigenvalue weighted by Crippen LogP contribution is -2.63. The molecule has 6 atom stereocenters. The number of carbonyl (C=O) groups excluding carboxylic acids is 4. The van der Waals surface area contributed by atoms with Gasteiger partial charge in [-0.05, 0) is 94.8 Å². The van der Waals surface area contributed by atoms with Gasteiger partial charge in [0.2, 0.25) is 5.91 Å². The van der Waals surface area contributed by atoms with Crippen LogP contribution in [0.15, 0.2) is 67.0 Å². The van der Waals surface area contributed by atoms with Gasteiger partial charge in [0.05, 0.1) is 68.2 Å². The second-order valence-electron chi connectivity index (χ2n) is 21.3. The SMILES string of the molecule is COC(=O)N[C@H](C(=O)N[C@@H](Cc1ccc(-c2ccc(N3C[C@H]4C[C@@H]3CN4C3COC3)nc2)cc1)[C@@H](O)CN(Cc1c(F)cc(-c2ccn(C3CC3)n2)cc1F)NC(=O)[C@@H](NC(=O)OC)C(C)(C)C(F)(F)F)C(C)(C)C(F)(F)F. The van der Waals surface area contributed by atoms with Crippen molar-refractivity contribution in [1.29, 1.82) is 0 Å². The van der Waals surface area contributed by atoms with E-state index in [1.54, 1.807) is 47.4 Å². The van der Waals surface area contributed by atoms with Gasteiger partial charge < -0.3 is 40.2 Å². The summed E-state index contributed by atoms with van der Waals surface area (Å²) in [5.74, 6) is -4.70. The number of aromatic nitrogens is 3. The van der Waals surface area contributed by atoms with Crippen molar-refractivity contribution in [3.05, 3.63) is 89.8 Å². The molecule has 3 saturated heterocycles. The summed E-state index contributed by atoms with van der Waals surface area (Å²) in [7, 11) is 1.68. The van der Waals surface area contributed by atoms with Crippen LogP contribution in [0.5, 0.6) is 0 Å². The molecule has 5 N–H and O–H groups in total. The van der Waals surface area contributed by atoms with Gasteiger partial charge in [0.1, 0.15) is 29.5 Å². The van der Waals surface area contributed by atoms with Crippen LogP contribution in [-0.4, -0.2) is 156 Å². The predicted octanol–water partition coefficient (Wildman–Crippen LogP) is 6.43. The van der Waals surface area contributed by atoms with Gasteiger partial charge in [-0.2, -0.15) is 31.4 Å². The molecule has 4 fully saturated rings. The number of anilines is 1. The highest BCUT2D eigenvalue weighted by Crippen LogP contribution is 2.43. The molecular weight excluding hydrogens is 1040 g/mol. The Kier molecular flexibility index (Phi) is 16.7. The first kappa shape index (κ1) is 57.5. The van der Waals surface area contributed by atoms with Crippen molar-refractivity contribution in [2.45, 2.75) is 121 Å². The van der Waals surface area contributed by atoms with Crippen LogP contribution in [0.1, 0.15) is 64.1 Å². The van der Waals surface area contributed by atoms with Crippen LogP contribution in [0.25, 0.3) is 22.4 Å². The van der Waals surface area contributed by atoms with Crippen molar-refractivity contribution in [1.82, 2.24) is 46.0 Å². The smallest absolute Gasteiger partial charge is 0.407 e. The van der Waals surface area contributed by atoms with Crippen LogP contribution in [0, 0.1) is 22.5 Å².